The number of rotatable bonds is 6. The van der Waals surface area contributed by atoms with Crippen LogP contribution >= 0.6 is 0 Å². The van der Waals surface area contributed by atoms with E-state index >= 15 is 0 Å². The van der Waals surface area contributed by atoms with E-state index in [4.69, 9.17) is 9.63 Å². The van der Waals surface area contributed by atoms with Crippen LogP contribution in [0.4, 0.5) is 10.2 Å². The van der Waals surface area contributed by atoms with Gasteiger partial charge in [-0.3, -0.25) is 9.48 Å². The number of anilines is 1. The average Bonchev–Trinajstić information content (AvgIpc) is 3.40. The molecule has 1 amide bonds. The van der Waals surface area contributed by atoms with Crippen molar-refractivity contribution in [2.75, 3.05) is 11.9 Å². The number of carbonyl (C=O) groups excluding carboxylic acids is 1. The zero-order valence-electron chi connectivity index (χ0n) is 15.0. The first-order chi connectivity index (χ1) is 14.1. The molecule has 0 aliphatic carbocycles. The second-order valence-electron chi connectivity index (χ2n) is 6.02. The molecule has 0 spiro atoms. The summed E-state index contributed by atoms with van der Waals surface area (Å²) < 4.78 is 20.6. The lowest BCUT2D eigenvalue weighted by Crippen LogP contribution is -2.16. The van der Waals surface area contributed by atoms with E-state index in [1.807, 2.05) is 0 Å². The molecule has 4 aromatic rings. The van der Waals surface area contributed by atoms with Gasteiger partial charge in [0.05, 0.1) is 12.2 Å². The molecule has 0 atom stereocenters. The number of aromatic nitrogens is 5. The molecule has 2 N–H and O–H groups in total. The summed E-state index contributed by atoms with van der Waals surface area (Å²) in [4.78, 5) is 19.8. The number of carbonyl (C=O) groups is 1. The number of amides is 1. The van der Waals surface area contributed by atoms with Crippen LogP contribution < -0.4 is 5.32 Å². The van der Waals surface area contributed by atoms with Crippen LogP contribution in [-0.4, -0.2) is 42.5 Å². The van der Waals surface area contributed by atoms with Gasteiger partial charge < -0.3 is 14.9 Å². The summed E-state index contributed by atoms with van der Waals surface area (Å²) in [6.45, 7) is -0.497. The van der Waals surface area contributed by atoms with E-state index in [9.17, 15) is 9.18 Å². The van der Waals surface area contributed by atoms with Gasteiger partial charge in [0.15, 0.2) is 5.82 Å². The number of halogens is 1. The molecule has 146 valence electrons. The molecule has 0 saturated carbocycles. The number of hydrogen-bond acceptors (Lipinski definition) is 7. The van der Waals surface area contributed by atoms with Crippen molar-refractivity contribution in [3.8, 4) is 22.9 Å². The normalized spacial score (nSPS) is 10.8. The number of hydrogen-bond donors (Lipinski definition) is 2. The van der Waals surface area contributed by atoms with Crippen LogP contribution in [0.2, 0.25) is 0 Å². The molecule has 0 radical (unpaired) electrons. The Morgan fingerprint density at radius 1 is 1.21 bits per heavy atom. The molecule has 0 saturated heterocycles. The number of aliphatic hydroxyl groups is 1. The third kappa shape index (κ3) is 4.01. The Bertz CT molecular complexity index is 1140. The smallest absolute Gasteiger partial charge is 0.251 e. The summed E-state index contributed by atoms with van der Waals surface area (Å²) >= 11 is 0. The summed E-state index contributed by atoms with van der Waals surface area (Å²) in [6.07, 6.45) is 2.89. The summed E-state index contributed by atoms with van der Waals surface area (Å²) in [5, 5.41) is 19.7. The lowest BCUT2D eigenvalue weighted by Gasteiger charge is -2.06. The molecular formula is C19H15FN6O3. The summed E-state index contributed by atoms with van der Waals surface area (Å²) in [5.41, 5.74) is 1.96. The first-order valence-corrected chi connectivity index (χ1v) is 8.60. The van der Waals surface area contributed by atoms with Gasteiger partial charge in [-0.1, -0.05) is 23.4 Å². The summed E-state index contributed by atoms with van der Waals surface area (Å²) in [5.74, 6) is -0.470. The third-order valence-electron chi connectivity index (χ3n) is 4.05. The lowest BCUT2D eigenvalue weighted by molar-refractivity contribution is -0.118. The van der Waals surface area contributed by atoms with Crippen LogP contribution in [0.25, 0.3) is 22.9 Å². The number of benzene rings is 1. The van der Waals surface area contributed by atoms with Crippen LogP contribution in [-0.2, 0) is 11.3 Å². The lowest BCUT2D eigenvalue weighted by atomic mass is 10.2. The topological polar surface area (TPSA) is 119 Å². The zero-order chi connectivity index (χ0) is 20.2. The standard InChI is InChI=1S/C19H15FN6O3/c20-13-4-2-1-3-12(13)10-26-16(14-6-8-29-25-14)9-15(24-26)19-21-7-5-17(23-19)22-18(28)11-27/h1-9,27H,10-11H2,(H,21,22,23,28). The SMILES string of the molecule is O=C(CO)Nc1ccnc(-c2cc(-c3ccon3)n(Cc3ccccc3F)n2)n1. The van der Waals surface area contributed by atoms with Crippen LogP contribution in [0, 0.1) is 5.82 Å². The Labute approximate surface area is 163 Å². The second kappa shape index (κ2) is 7.98. The Hall–Kier alpha value is -3.92. The van der Waals surface area contributed by atoms with E-state index in [2.05, 4.69) is 25.5 Å². The average molecular weight is 394 g/mol. The van der Waals surface area contributed by atoms with Crippen LogP contribution in [0.15, 0.2) is 59.4 Å². The number of aliphatic hydroxyl groups excluding tert-OH is 1. The van der Waals surface area contributed by atoms with Crippen molar-refractivity contribution in [2.45, 2.75) is 6.54 Å². The zero-order valence-corrected chi connectivity index (χ0v) is 15.0. The Balaban J connectivity index is 1.73. The maximum atomic E-state index is 14.1. The molecule has 0 unspecified atom stereocenters. The maximum Gasteiger partial charge on any atom is 0.251 e. The molecule has 3 aromatic heterocycles. The molecule has 0 bridgehead atoms. The van der Waals surface area contributed by atoms with E-state index < -0.39 is 12.5 Å². The first kappa shape index (κ1) is 18.4. The fraction of sp³-hybridized carbons (Fsp3) is 0.105. The van der Waals surface area contributed by atoms with Gasteiger partial charge in [-0.15, -0.1) is 0 Å². The van der Waals surface area contributed by atoms with Crippen molar-refractivity contribution < 1.29 is 18.8 Å². The molecule has 4 rings (SSSR count). The molecule has 1 aromatic carbocycles. The van der Waals surface area contributed by atoms with Crippen LogP contribution in [0.5, 0.6) is 0 Å². The van der Waals surface area contributed by atoms with Gasteiger partial charge in [0.25, 0.3) is 5.91 Å². The predicted octanol–water partition coefficient (Wildman–Crippen LogP) is 2.11. The van der Waals surface area contributed by atoms with Crippen molar-refractivity contribution in [3.63, 3.8) is 0 Å². The van der Waals surface area contributed by atoms with Gasteiger partial charge in [-0.25, -0.2) is 14.4 Å². The minimum atomic E-state index is -0.660. The van der Waals surface area contributed by atoms with Crippen molar-refractivity contribution in [3.05, 3.63) is 66.3 Å². The highest BCUT2D eigenvalue weighted by molar-refractivity contribution is 5.90. The molecule has 0 aliphatic heterocycles. The highest BCUT2D eigenvalue weighted by atomic mass is 19.1. The van der Waals surface area contributed by atoms with Crippen molar-refractivity contribution in [2.24, 2.45) is 0 Å². The monoisotopic (exact) mass is 394 g/mol. The number of nitrogens with zero attached hydrogens (tertiary/aromatic N) is 5. The Morgan fingerprint density at radius 2 is 2.07 bits per heavy atom. The Morgan fingerprint density at radius 3 is 2.83 bits per heavy atom. The van der Waals surface area contributed by atoms with Gasteiger partial charge in [-0.05, 0) is 18.2 Å². The van der Waals surface area contributed by atoms with E-state index in [0.29, 0.717) is 22.6 Å². The van der Waals surface area contributed by atoms with Gasteiger partial charge in [0, 0.05) is 17.8 Å². The maximum absolute atomic E-state index is 14.1. The second-order valence-corrected chi connectivity index (χ2v) is 6.02. The first-order valence-electron chi connectivity index (χ1n) is 8.60. The van der Waals surface area contributed by atoms with E-state index in [-0.39, 0.29) is 24.0 Å². The molecule has 3 heterocycles. The minimum Gasteiger partial charge on any atom is -0.387 e. The molecular weight excluding hydrogens is 379 g/mol. The highest BCUT2D eigenvalue weighted by Crippen LogP contribution is 2.25. The van der Waals surface area contributed by atoms with E-state index in [0.717, 1.165) is 0 Å². The van der Waals surface area contributed by atoms with E-state index in [1.54, 1.807) is 35.0 Å². The predicted molar refractivity (Wildman–Crippen MR) is 100.0 cm³/mol. The minimum absolute atomic E-state index is 0.163. The molecule has 9 nitrogen and oxygen atoms in total. The van der Waals surface area contributed by atoms with Crippen molar-refractivity contribution >= 4 is 11.7 Å². The summed E-state index contributed by atoms with van der Waals surface area (Å²) in [6, 6.07) is 11.3. The highest BCUT2D eigenvalue weighted by Gasteiger charge is 2.17. The molecule has 0 aliphatic rings. The van der Waals surface area contributed by atoms with E-state index in [1.165, 1.54) is 24.6 Å². The fourth-order valence-electron chi connectivity index (χ4n) is 2.72. The van der Waals surface area contributed by atoms with Gasteiger partial charge in [0.2, 0.25) is 0 Å². The van der Waals surface area contributed by atoms with Gasteiger partial charge in [-0.2, -0.15) is 5.10 Å². The third-order valence-corrected chi connectivity index (χ3v) is 4.05. The van der Waals surface area contributed by atoms with Gasteiger partial charge >= 0.3 is 0 Å². The van der Waals surface area contributed by atoms with Gasteiger partial charge in [0.1, 0.15) is 35.9 Å². The fourth-order valence-corrected chi connectivity index (χ4v) is 2.72. The summed E-state index contributed by atoms with van der Waals surface area (Å²) in [7, 11) is 0. The van der Waals surface area contributed by atoms with Crippen LogP contribution in [0.1, 0.15) is 5.56 Å². The number of nitrogens with one attached hydrogen (secondary N) is 1. The largest absolute Gasteiger partial charge is 0.387 e. The van der Waals surface area contributed by atoms with Crippen LogP contribution in [0.3, 0.4) is 0 Å². The van der Waals surface area contributed by atoms with Crippen molar-refractivity contribution in [1.29, 1.82) is 0 Å². The quantitative estimate of drug-likeness (QED) is 0.514. The molecule has 10 heteroatoms. The van der Waals surface area contributed by atoms with Crippen molar-refractivity contribution in [1.82, 2.24) is 24.9 Å². The molecule has 0 fully saturated rings. The molecule has 29 heavy (non-hydrogen) atoms. The Kier molecular flexibility index (Phi) is 5.08.